The Bertz CT molecular complexity index is 330. The second-order valence-electron chi connectivity index (χ2n) is 6.87. The highest BCUT2D eigenvalue weighted by atomic mass is 16.5. The molecule has 3 unspecified atom stereocenters. The highest BCUT2D eigenvalue weighted by Gasteiger charge is 2.28. The summed E-state index contributed by atoms with van der Waals surface area (Å²) in [6.45, 7) is 10.6. The monoisotopic (exact) mass is 281 g/mol. The van der Waals surface area contributed by atoms with Crippen LogP contribution in [0.5, 0.6) is 0 Å². The van der Waals surface area contributed by atoms with E-state index in [4.69, 9.17) is 10.5 Å². The van der Waals surface area contributed by atoms with E-state index < -0.39 is 0 Å². The van der Waals surface area contributed by atoms with Crippen LogP contribution in [0.25, 0.3) is 0 Å². The van der Waals surface area contributed by atoms with Gasteiger partial charge in [0, 0.05) is 32.2 Å². The number of guanidine groups is 1. The van der Waals surface area contributed by atoms with Gasteiger partial charge in [0.2, 0.25) is 0 Å². The van der Waals surface area contributed by atoms with Gasteiger partial charge in [-0.05, 0) is 37.5 Å². The average molecular weight is 281 g/mol. The molecule has 4 heteroatoms. The Hall–Kier alpha value is -0.770. The van der Waals surface area contributed by atoms with Crippen molar-refractivity contribution in [3.8, 4) is 0 Å². The first-order chi connectivity index (χ1) is 9.58. The molecule has 2 aliphatic heterocycles. The van der Waals surface area contributed by atoms with E-state index in [1.807, 2.05) is 0 Å². The molecule has 2 saturated heterocycles. The maximum Gasteiger partial charge on any atom is 0.191 e. The molecule has 0 aromatic rings. The van der Waals surface area contributed by atoms with Gasteiger partial charge in [-0.3, -0.25) is 4.99 Å². The maximum atomic E-state index is 6.18. The molecule has 2 N–H and O–H groups in total. The highest BCUT2D eigenvalue weighted by molar-refractivity contribution is 5.78. The summed E-state index contributed by atoms with van der Waals surface area (Å²) in [6, 6.07) is 0. The van der Waals surface area contributed by atoms with Crippen LogP contribution in [0.1, 0.15) is 46.5 Å². The fourth-order valence-corrected chi connectivity index (χ4v) is 3.51. The van der Waals surface area contributed by atoms with Gasteiger partial charge in [0.1, 0.15) is 0 Å². The van der Waals surface area contributed by atoms with E-state index in [0.29, 0.717) is 17.9 Å². The van der Waals surface area contributed by atoms with Crippen LogP contribution in [-0.2, 0) is 4.74 Å². The first-order valence-electron chi connectivity index (χ1n) is 8.24. The lowest BCUT2D eigenvalue weighted by atomic mass is 9.87. The third kappa shape index (κ3) is 4.11. The van der Waals surface area contributed by atoms with Crippen LogP contribution in [0.15, 0.2) is 4.99 Å². The Labute approximate surface area is 123 Å². The summed E-state index contributed by atoms with van der Waals surface area (Å²) in [5.41, 5.74) is 6.18. The molecule has 0 bridgehead atoms. The predicted molar refractivity (Wildman–Crippen MR) is 83.8 cm³/mol. The van der Waals surface area contributed by atoms with Crippen molar-refractivity contribution in [2.24, 2.45) is 28.5 Å². The molecule has 20 heavy (non-hydrogen) atoms. The molecule has 0 aromatic carbocycles. The van der Waals surface area contributed by atoms with Crippen molar-refractivity contribution in [1.82, 2.24) is 4.90 Å². The lowest BCUT2D eigenvalue weighted by Gasteiger charge is -2.35. The maximum absolute atomic E-state index is 6.18. The largest absolute Gasteiger partial charge is 0.378 e. The first kappa shape index (κ1) is 15.6. The third-order valence-electron chi connectivity index (χ3n) is 4.62. The second kappa shape index (κ2) is 7.30. The zero-order valence-electron chi connectivity index (χ0n) is 13.3. The fraction of sp³-hybridized carbons (Fsp3) is 0.938. The van der Waals surface area contributed by atoms with E-state index in [0.717, 1.165) is 44.5 Å². The summed E-state index contributed by atoms with van der Waals surface area (Å²) in [7, 11) is 0. The summed E-state index contributed by atoms with van der Waals surface area (Å²) in [5.74, 6) is 2.57. The minimum atomic E-state index is 0.348. The zero-order chi connectivity index (χ0) is 14.5. The summed E-state index contributed by atoms with van der Waals surface area (Å²) < 4.78 is 5.92. The van der Waals surface area contributed by atoms with Gasteiger partial charge in [0.15, 0.2) is 5.96 Å². The van der Waals surface area contributed by atoms with Crippen LogP contribution in [-0.4, -0.2) is 43.2 Å². The van der Waals surface area contributed by atoms with Gasteiger partial charge in [0.25, 0.3) is 0 Å². The van der Waals surface area contributed by atoms with E-state index >= 15 is 0 Å². The highest BCUT2D eigenvalue weighted by Crippen LogP contribution is 2.26. The molecule has 2 aliphatic rings. The molecule has 0 spiro atoms. The lowest BCUT2D eigenvalue weighted by Crippen LogP contribution is -2.44. The second-order valence-corrected chi connectivity index (χ2v) is 6.87. The van der Waals surface area contributed by atoms with Crippen molar-refractivity contribution in [2.45, 2.75) is 52.6 Å². The van der Waals surface area contributed by atoms with Gasteiger partial charge in [0.05, 0.1) is 6.10 Å². The van der Waals surface area contributed by atoms with Gasteiger partial charge in [-0.15, -0.1) is 0 Å². The number of aliphatic imine (C=N–C) groups is 1. The summed E-state index contributed by atoms with van der Waals surface area (Å²) in [6.07, 6.45) is 5.27. The molecule has 116 valence electrons. The number of nitrogens with two attached hydrogens (primary N) is 1. The Kier molecular flexibility index (Phi) is 5.70. The van der Waals surface area contributed by atoms with Crippen LogP contribution in [0.4, 0.5) is 0 Å². The van der Waals surface area contributed by atoms with E-state index in [1.165, 1.54) is 19.3 Å². The predicted octanol–water partition coefficient (Wildman–Crippen LogP) is 2.48. The molecule has 0 aromatic heterocycles. The van der Waals surface area contributed by atoms with E-state index in [9.17, 15) is 0 Å². The fourth-order valence-electron chi connectivity index (χ4n) is 3.51. The molecular formula is C16H31N3O. The molecule has 0 amide bonds. The van der Waals surface area contributed by atoms with Crippen molar-refractivity contribution < 1.29 is 4.74 Å². The molecule has 0 saturated carbocycles. The van der Waals surface area contributed by atoms with Crippen molar-refractivity contribution in [2.75, 3.05) is 26.2 Å². The summed E-state index contributed by atoms with van der Waals surface area (Å²) in [5, 5.41) is 0. The first-order valence-corrected chi connectivity index (χ1v) is 8.24. The molecule has 2 heterocycles. The number of ether oxygens (including phenoxy) is 1. The third-order valence-corrected chi connectivity index (χ3v) is 4.62. The van der Waals surface area contributed by atoms with Crippen LogP contribution in [0, 0.1) is 17.8 Å². The van der Waals surface area contributed by atoms with Crippen molar-refractivity contribution in [1.29, 1.82) is 0 Å². The van der Waals surface area contributed by atoms with Crippen molar-refractivity contribution in [3.05, 3.63) is 0 Å². The number of hydrogen-bond donors (Lipinski definition) is 1. The van der Waals surface area contributed by atoms with Crippen LogP contribution >= 0.6 is 0 Å². The smallest absolute Gasteiger partial charge is 0.191 e. The molecule has 4 nitrogen and oxygen atoms in total. The Morgan fingerprint density at radius 1 is 1.35 bits per heavy atom. The Balaban J connectivity index is 1.89. The number of piperidine rings is 1. The Morgan fingerprint density at radius 3 is 2.85 bits per heavy atom. The zero-order valence-corrected chi connectivity index (χ0v) is 13.3. The van der Waals surface area contributed by atoms with Crippen LogP contribution < -0.4 is 5.73 Å². The quantitative estimate of drug-likeness (QED) is 0.639. The number of likely N-dealkylation sites (tertiary alicyclic amines) is 1. The van der Waals surface area contributed by atoms with Gasteiger partial charge in [-0.2, -0.15) is 0 Å². The van der Waals surface area contributed by atoms with E-state index in [-0.39, 0.29) is 0 Å². The average Bonchev–Trinajstić information content (AvgIpc) is 2.45. The van der Waals surface area contributed by atoms with Crippen molar-refractivity contribution >= 4 is 5.96 Å². The molecule has 0 aliphatic carbocycles. The standard InChI is InChI=1S/C16H31N3O/c1-12(2)15-14(7-5-9-20-15)10-18-16(17)19-8-4-6-13(3)11-19/h12-15H,4-11H2,1-3H3,(H2,17,18). The summed E-state index contributed by atoms with van der Waals surface area (Å²) in [4.78, 5) is 6.93. The van der Waals surface area contributed by atoms with Gasteiger partial charge in [-0.1, -0.05) is 20.8 Å². The van der Waals surface area contributed by atoms with Crippen molar-refractivity contribution in [3.63, 3.8) is 0 Å². The van der Waals surface area contributed by atoms with Crippen LogP contribution in [0.2, 0.25) is 0 Å². The molecule has 0 radical (unpaired) electrons. The molecule has 3 atom stereocenters. The lowest BCUT2D eigenvalue weighted by molar-refractivity contribution is -0.0491. The van der Waals surface area contributed by atoms with Crippen LogP contribution in [0.3, 0.4) is 0 Å². The molecule has 2 rings (SSSR count). The number of hydrogen-bond acceptors (Lipinski definition) is 2. The number of rotatable bonds is 3. The molecule has 2 fully saturated rings. The summed E-state index contributed by atoms with van der Waals surface area (Å²) >= 11 is 0. The topological polar surface area (TPSA) is 50.8 Å². The van der Waals surface area contributed by atoms with Gasteiger partial charge in [-0.25, -0.2) is 0 Å². The van der Waals surface area contributed by atoms with Gasteiger partial charge < -0.3 is 15.4 Å². The molecular weight excluding hydrogens is 250 g/mol. The van der Waals surface area contributed by atoms with E-state index in [2.05, 4.69) is 30.7 Å². The minimum Gasteiger partial charge on any atom is -0.378 e. The number of nitrogens with zero attached hydrogens (tertiary/aromatic N) is 2. The van der Waals surface area contributed by atoms with Gasteiger partial charge >= 0.3 is 0 Å². The normalized spacial score (nSPS) is 32.7. The Morgan fingerprint density at radius 2 is 2.15 bits per heavy atom. The SMILES string of the molecule is CC1CCCN(C(N)=NCC2CCCOC2C(C)C)C1. The van der Waals surface area contributed by atoms with E-state index in [1.54, 1.807) is 0 Å². The minimum absolute atomic E-state index is 0.348.